The van der Waals surface area contributed by atoms with Gasteiger partial charge < -0.3 is 29.5 Å². The van der Waals surface area contributed by atoms with E-state index in [1.54, 1.807) is 46.4 Å². The quantitative estimate of drug-likeness (QED) is 0.459. The van der Waals surface area contributed by atoms with Crippen LogP contribution in [0.5, 0.6) is 5.75 Å². The first-order chi connectivity index (χ1) is 19.5. The summed E-state index contributed by atoms with van der Waals surface area (Å²) in [4.78, 5) is 56.5. The van der Waals surface area contributed by atoms with Crippen LogP contribution in [0.2, 0.25) is 0 Å². The standard InChI is InChI=1S/C30H44F2N4O6/c1-9-24(37)33-12-14-35-22-15-21(20(25(31)32)16-23(22)41-30(7,8)27(35)39)26(38)36(18(2)3)19-11-10-13-34(17-19)28(40)42-29(4,5)6/h15-16,18-19,25H,9-14,17H2,1-8H3,(H,33,37)/t19-/m1/s1. The molecule has 0 aliphatic carbocycles. The molecule has 1 N–H and O–H groups in total. The number of alkyl halides is 2. The molecule has 4 amide bonds. The predicted octanol–water partition coefficient (Wildman–Crippen LogP) is 4.90. The number of nitrogens with one attached hydrogen (secondary N) is 1. The third-order valence-corrected chi connectivity index (χ3v) is 7.22. The van der Waals surface area contributed by atoms with E-state index in [2.05, 4.69) is 5.32 Å². The van der Waals surface area contributed by atoms with Crippen LogP contribution >= 0.6 is 0 Å². The number of nitrogens with zero attached hydrogens (tertiary/aromatic N) is 3. The molecule has 42 heavy (non-hydrogen) atoms. The smallest absolute Gasteiger partial charge is 0.410 e. The normalized spacial score (nSPS) is 18.5. The Kier molecular flexibility index (Phi) is 10.1. The maximum absolute atomic E-state index is 14.5. The van der Waals surface area contributed by atoms with Crippen LogP contribution in [0.15, 0.2) is 12.1 Å². The van der Waals surface area contributed by atoms with Gasteiger partial charge in [-0.2, -0.15) is 0 Å². The lowest BCUT2D eigenvalue weighted by Crippen LogP contribution is -2.55. The van der Waals surface area contributed by atoms with Gasteiger partial charge in [0.1, 0.15) is 11.4 Å². The first-order valence-corrected chi connectivity index (χ1v) is 14.5. The van der Waals surface area contributed by atoms with Crippen LogP contribution in [0.4, 0.5) is 19.3 Å². The van der Waals surface area contributed by atoms with Gasteiger partial charge >= 0.3 is 6.09 Å². The lowest BCUT2D eigenvalue weighted by atomic mass is 9.97. The molecule has 0 unspecified atom stereocenters. The van der Waals surface area contributed by atoms with Gasteiger partial charge in [0.2, 0.25) is 5.91 Å². The van der Waals surface area contributed by atoms with Crippen molar-refractivity contribution < 1.29 is 37.4 Å². The number of anilines is 1. The van der Waals surface area contributed by atoms with Crippen molar-refractivity contribution >= 4 is 29.5 Å². The van der Waals surface area contributed by atoms with E-state index in [1.807, 2.05) is 0 Å². The van der Waals surface area contributed by atoms with E-state index in [1.165, 1.54) is 29.7 Å². The van der Waals surface area contributed by atoms with Crippen molar-refractivity contribution in [3.05, 3.63) is 23.3 Å². The minimum atomic E-state index is -2.99. The average Bonchev–Trinajstić information content (AvgIpc) is 2.88. The molecule has 12 heteroatoms. The van der Waals surface area contributed by atoms with Crippen LogP contribution in [0.25, 0.3) is 0 Å². The number of carbonyl (C=O) groups is 4. The van der Waals surface area contributed by atoms with Crippen molar-refractivity contribution in [3.63, 3.8) is 0 Å². The van der Waals surface area contributed by atoms with Gasteiger partial charge in [0.25, 0.3) is 18.2 Å². The van der Waals surface area contributed by atoms with Crippen molar-refractivity contribution in [2.75, 3.05) is 31.1 Å². The second kappa shape index (κ2) is 12.8. The van der Waals surface area contributed by atoms with Crippen molar-refractivity contribution in [3.8, 4) is 5.75 Å². The Morgan fingerprint density at radius 1 is 1.21 bits per heavy atom. The minimum absolute atomic E-state index is 0.0538. The Bertz CT molecular complexity index is 1200. The fraction of sp³-hybridized carbons (Fsp3) is 0.667. The van der Waals surface area contributed by atoms with E-state index in [-0.39, 0.29) is 55.0 Å². The van der Waals surface area contributed by atoms with Crippen LogP contribution in [0, 0.1) is 0 Å². The van der Waals surface area contributed by atoms with Crippen LogP contribution in [0.1, 0.15) is 97.0 Å². The number of carbonyl (C=O) groups excluding carboxylic acids is 4. The van der Waals surface area contributed by atoms with Gasteiger partial charge in [0.15, 0.2) is 5.60 Å². The first kappa shape index (κ1) is 33.1. The molecule has 1 aromatic carbocycles. The second-order valence-corrected chi connectivity index (χ2v) is 12.5. The highest BCUT2D eigenvalue weighted by molar-refractivity contribution is 6.05. The van der Waals surface area contributed by atoms with Crippen LogP contribution in [-0.4, -0.2) is 83.1 Å². The topological polar surface area (TPSA) is 108 Å². The third kappa shape index (κ3) is 7.49. The molecule has 10 nitrogen and oxygen atoms in total. The van der Waals surface area contributed by atoms with Crippen molar-refractivity contribution in [1.82, 2.24) is 15.1 Å². The number of benzene rings is 1. The van der Waals surface area contributed by atoms with Crippen LogP contribution in [0.3, 0.4) is 0 Å². The summed E-state index contributed by atoms with van der Waals surface area (Å²) in [6.07, 6.45) is -2.02. The maximum atomic E-state index is 14.5. The SMILES string of the molecule is CCC(=O)NCCN1C(=O)C(C)(C)Oc2cc(C(F)F)c(C(=O)N(C(C)C)[C@@H]3CCCN(C(=O)OC(C)(C)C)C3)cc21. The highest BCUT2D eigenvalue weighted by Gasteiger charge is 2.43. The van der Waals surface area contributed by atoms with E-state index in [0.717, 1.165) is 6.07 Å². The monoisotopic (exact) mass is 594 g/mol. The highest BCUT2D eigenvalue weighted by atomic mass is 19.3. The fourth-order valence-corrected chi connectivity index (χ4v) is 5.28. The zero-order valence-electron chi connectivity index (χ0n) is 25.9. The van der Waals surface area contributed by atoms with Crippen molar-refractivity contribution in [1.29, 1.82) is 0 Å². The Morgan fingerprint density at radius 3 is 2.45 bits per heavy atom. The van der Waals surface area contributed by atoms with Gasteiger partial charge in [-0.25, -0.2) is 13.6 Å². The molecule has 3 rings (SSSR count). The summed E-state index contributed by atoms with van der Waals surface area (Å²) in [6.45, 7) is 14.6. The number of piperidine rings is 1. The Morgan fingerprint density at radius 2 is 1.88 bits per heavy atom. The number of hydrogen-bond acceptors (Lipinski definition) is 6. The largest absolute Gasteiger partial charge is 0.476 e. The molecule has 2 aliphatic heterocycles. The molecular formula is C30H44F2N4O6. The maximum Gasteiger partial charge on any atom is 0.410 e. The van der Waals surface area contributed by atoms with E-state index >= 15 is 0 Å². The molecular weight excluding hydrogens is 550 g/mol. The zero-order valence-corrected chi connectivity index (χ0v) is 25.9. The summed E-state index contributed by atoms with van der Waals surface area (Å²) in [5, 5.41) is 2.72. The summed E-state index contributed by atoms with van der Waals surface area (Å²) in [5.74, 6) is -1.20. The number of amides is 4. The fourth-order valence-electron chi connectivity index (χ4n) is 5.28. The third-order valence-electron chi connectivity index (χ3n) is 7.22. The molecule has 0 radical (unpaired) electrons. The Hall–Kier alpha value is -3.44. The predicted molar refractivity (Wildman–Crippen MR) is 154 cm³/mol. The van der Waals surface area contributed by atoms with Gasteiger partial charge in [-0.1, -0.05) is 6.92 Å². The van der Waals surface area contributed by atoms with Gasteiger partial charge in [-0.05, 0) is 73.4 Å². The Labute approximate surface area is 246 Å². The molecule has 0 aromatic heterocycles. The lowest BCUT2D eigenvalue weighted by Gasteiger charge is -2.42. The molecule has 1 fully saturated rings. The summed E-state index contributed by atoms with van der Waals surface area (Å²) in [6, 6.07) is 1.61. The molecule has 1 atom stereocenters. The van der Waals surface area contributed by atoms with Crippen LogP contribution < -0.4 is 15.0 Å². The summed E-state index contributed by atoms with van der Waals surface area (Å²) >= 11 is 0. The van der Waals surface area contributed by atoms with Crippen molar-refractivity contribution in [2.24, 2.45) is 0 Å². The number of rotatable bonds is 8. The number of hydrogen-bond donors (Lipinski definition) is 1. The van der Waals surface area contributed by atoms with Crippen LogP contribution in [-0.2, 0) is 14.3 Å². The van der Waals surface area contributed by atoms with E-state index in [9.17, 15) is 28.0 Å². The number of fused-ring (bicyclic) bond motifs is 1. The molecule has 0 saturated carbocycles. The summed E-state index contributed by atoms with van der Waals surface area (Å²) < 4.78 is 40.3. The second-order valence-electron chi connectivity index (χ2n) is 12.5. The number of likely N-dealkylation sites (tertiary alicyclic amines) is 1. The van der Waals surface area contributed by atoms with E-state index < -0.39 is 47.1 Å². The molecule has 2 heterocycles. The van der Waals surface area contributed by atoms with Gasteiger partial charge in [0.05, 0.1) is 17.3 Å². The molecule has 234 valence electrons. The van der Waals surface area contributed by atoms with E-state index in [0.29, 0.717) is 19.4 Å². The lowest BCUT2D eigenvalue weighted by molar-refractivity contribution is -0.132. The number of ether oxygens (including phenoxy) is 2. The summed E-state index contributed by atoms with van der Waals surface area (Å²) in [7, 11) is 0. The molecule has 1 saturated heterocycles. The Balaban J connectivity index is 2.01. The molecule has 0 spiro atoms. The highest BCUT2D eigenvalue weighted by Crippen LogP contribution is 2.42. The zero-order chi connectivity index (χ0) is 31.6. The molecule has 1 aromatic rings. The van der Waals surface area contributed by atoms with Gasteiger partial charge in [-0.15, -0.1) is 0 Å². The van der Waals surface area contributed by atoms with Gasteiger partial charge in [0, 0.05) is 44.2 Å². The first-order valence-electron chi connectivity index (χ1n) is 14.5. The minimum Gasteiger partial charge on any atom is -0.476 e. The van der Waals surface area contributed by atoms with E-state index in [4.69, 9.17) is 9.47 Å². The number of halogens is 2. The van der Waals surface area contributed by atoms with Crippen molar-refractivity contribution in [2.45, 2.75) is 104 Å². The van der Waals surface area contributed by atoms with Gasteiger partial charge in [-0.3, -0.25) is 14.4 Å². The average molecular weight is 595 g/mol. The summed E-state index contributed by atoms with van der Waals surface area (Å²) in [5.41, 5.74) is -2.60. The molecule has 2 aliphatic rings. The molecule has 0 bridgehead atoms.